The molecule has 0 unspecified atom stereocenters. The minimum absolute atomic E-state index is 0.299. The van der Waals surface area contributed by atoms with E-state index in [0.29, 0.717) is 24.0 Å². The lowest BCUT2D eigenvalue weighted by Gasteiger charge is -2.02. The van der Waals surface area contributed by atoms with Crippen LogP contribution in [0.3, 0.4) is 0 Å². The van der Waals surface area contributed by atoms with Crippen LogP contribution in [0.5, 0.6) is 0 Å². The molecule has 16 heavy (non-hydrogen) atoms. The summed E-state index contributed by atoms with van der Waals surface area (Å²) < 4.78 is 5.28. The van der Waals surface area contributed by atoms with Crippen molar-refractivity contribution < 1.29 is 4.42 Å². The summed E-state index contributed by atoms with van der Waals surface area (Å²) in [6.45, 7) is 2.33. The van der Waals surface area contributed by atoms with Gasteiger partial charge in [0.25, 0.3) is 0 Å². The van der Waals surface area contributed by atoms with E-state index in [1.165, 1.54) is 0 Å². The Morgan fingerprint density at radius 1 is 1.38 bits per heavy atom. The number of aryl methyl sites for hydroxylation is 1. The molecule has 1 aromatic carbocycles. The fraction of sp³-hybridized carbons (Fsp3) is 0.167. The first-order chi connectivity index (χ1) is 7.79. The summed E-state index contributed by atoms with van der Waals surface area (Å²) in [5, 5.41) is 11.9. The summed E-state index contributed by atoms with van der Waals surface area (Å²) in [6.07, 6.45) is 0. The van der Waals surface area contributed by atoms with Crippen molar-refractivity contribution in [3.8, 4) is 6.07 Å². The molecule has 0 atom stereocenters. The molecule has 2 aromatic rings. The van der Waals surface area contributed by atoms with Crippen molar-refractivity contribution in [3.05, 3.63) is 47.5 Å². The van der Waals surface area contributed by atoms with Gasteiger partial charge in [-0.15, -0.1) is 0 Å². The first-order valence-electron chi connectivity index (χ1n) is 4.95. The normalized spacial score (nSPS) is 9.75. The van der Waals surface area contributed by atoms with Gasteiger partial charge in [0.2, 0.25) is 11.6 Å². The van der Waals surface area contributed by atoms with Crippen LogP contribution in [-0.2, 0) is 6.54 Å². The van der Waals surface area contributed by atoms with Crippen LogP contribution < -0.4 is 5.32 Å². The van der Waals surface area contributed by atoms with Gasteiger partial charge in [0.1, 0.15) is 6.07 Å². The van der Waals surface area contributed by atoms with E-state index >= 15 is 0 Å². The molecule has 1 N–H and O–H groups in total. The fourth-order valence-electron chi connectivity index (χ4n) is 1.40. The molecule has 0 fully saturated rings. The Hall–Kier alpha value is -2.28. The van der Waals surface area contributed by atoms with Crippen LogP contribution in [0.15, 0.2) is 34.7 Å². The standard InChI is InChI=1S/C12H11N3O/c1-9-15-11(7-13)12(16-9)14-8-10-5-3-2-4-6-10/h2-6,14H,8H2,1H3. The van der Waals surface area contributed by atoms with E-state index in [1.807, 2.05) is 36.4 Å². The molecule has 4 nitrogen and oxygen atoms in total. The monoisotopic (exact) mass is 213 g/mol. The topological polar surface area (TPSA) is 61.9 Å². The summed E-state index contributed by atoms with van der Waals surface area (Å²) in [5.41, 5.74) is 1.42. The number of rotatable bonds is 3. The first kappa shape index (κ1) is 10.2. The van der Waals surface area contributed by atoms with E-state index in [0.717, 1.165) is 5.56 Å². The lowest BCUT2D eigenvalue weighted by atomic mass is 10.2. The van der Waals surface area contributed by atoms with Gasteiger partial charge in [-0.05, 0) is 5.56 Å². The fourth-order valence-corrected chi connectivity index (χ4v) is 1.40. The maximum Gasteiger partial charge on any atom is 0.232 e. The minimum atomic E-state index is 0.299. The van der Waals surface area contributed by atoms with Crippen molar-refractivity contribution in [1.82, 2.24) is 4.98 Å². The van der Waals surface area contributed by atoms with Crippen molar-refractivity contribution in [2.24, 2.45) is 0 Å². The number of nitrogens with zero attached hydrogens (tertiary/aromatic N) is 2. The summed E-state index contributed by atoms with van der Waals surface area (Å²) in [4.78, 5) is 3.95. The predicted octanol–water partition coefficient (Wildman–Crippen LogP) is 2.47. The molecule has 0 aliphatic heterocycles. The summed E-state index contributed by atoms with van der Waals surface area (Å²) in [7, 11) is 0. The van der Waals surface area contributed by atoms with Gasteiger partial charge in [-0.3, -0.25) is 0 Å². The average molecular weight is 213 g/mol. The summed E-state index contributed by atoms with van der Waals surface area (Å²) >= 11 is 0. The second kappa shape index (κ2) is 4.49. The number of anilines is 1. The molecule has 0 radical (unpaired) electrons. The van der Waals surface area contributed by atoms with Gasteiger partial charge in [-0.25, -0.2) is 4.98 Å². The molecule has 0 spiro atoms. The van der Waals surface area contributed by atoms with Crippen LogP contribution in [0, 0.1) is 18.3 Å². The van der Waals surface area contributed by atoms with Gasteiger partial charge >= 0.3 is 0 Å². The second-order valence-electron chi connectivity index (χ2n) is 3.36. The van der Waals surface area contributed by atoms with Crippen molar-refractivity contribution in [2.45, 2.75) is 13.5 Å². The van der Waals surface area contributed by atoms with Crippen LogP contribution in [0.4, 0.5) is 5.88 Å². The Balaban J connectivity index is 2.08. The van der Waals surface area contributed by atoms with Crippen LogP contribution in [0.2, 0.25) is 0 Å². The summed E-state index contributed by atoms with van der Waals surface area (Å²) in [6, 6.07) is 11.9. The van der Waals surface area contributed by atoms with E-state index in [-0.39, 0.29) is 0 Å². The van der Waals surface area contributed by atoms with Gasteiger partial charge < -0.3 is 9.73 Å². The Morgan fingerprint density at radius 3 is 2.81 bits per heavy atom. The molecule has 0 bridgehead atoms. The first-order valence-corrected chi connectivity index (χ1v) is 4.95. The smallest absolute Gasteiger partial charge is 0.232 e. The van der Waals surface area contributed by atoms with Gasteiger partial charge in [0.05, 0.1) is 0 Å². The highest BCUT2D eigenvalue weighted by molar-refractivity contribution is 5.45. The minimum Gasteiger partial charge on any atom is -0.424 e. The van der Waals surface area contributed by atoms with E-state index in [4.69, 9.17) is 9.68 Å². The number of benzene rings is 1. The Kier molecular flexibility index (Phi) is 2.88. The molecular weight excluding hydrogens is 202 g/mol. The number of hydrogen-bond donors (Lipinski definition) is 1. The van der Waals surface area contributed by atoms with Crippen molar-refractivity contribution >= 4 is 5.88 Å². The van der Waals surface area contributed by atoms with E-state index in [1.54, 1.807) is 6.92 Å². The zero-order valence-electron chi connectivity index (χ0n) is 8.90. The molecule has 0 saturated carbocycles. The number of oxazole rings is 1. The van der Waals surface area contributed by atoms with Gasteiger partial charge in [-0.1, -0.05) is 30.3 Å². The largest absolute Gasteiger partial charge is 0.424 e. The number of aromatic nitrogens is 1. The highest BCUT2D eigenvalue weighted by Crippen LogP contribution is 2.16. The molecule has 2 rings (SSSR count). The lowest BCUT2D eigenvalue weighted by Crippen LogP contribution is -1.99. The van der Waals surface area contributed by atoms with E-state index in [9.17, 15) is 0 Å². The molecule has 80 valence electrons. The number of hydrogen-bond acceptors (Lipinski definition) is 4. The third-order valence-electron chi connectivity index (χ3n) is 2.14. The third-order valence-corrected chi connectivity index (χ3v) is 2.14. The molecule has 0 saturated heterocycles. The highest BCUT2D eigenvalue weighted by atomic mass is 16.4. The van der Waals surface area contributed by atoms with Crippen LogP contribution >= 0.6 is 0 Å². The molecule has 4 heteroatoms. The summed E-state index contributed by atoms with van der Waals surface area (Å²) in [5.74, 6) is 0.927. The van der Waals surface area contributed by atoms with Crippen LogP contribution in [-0.4, -0.2) is 4.98 Å². The average Bonchev–Trinajstić information content (AvgIpc) is 2.68. The van der Waals surface area contributed by atoms with E-state index < -0.39 is 0 Å². The van der Waals surface area contributed by atoms with Crippen LogP contribution in [0.1, 0.15) is 17.1 Å². The van der Waals surface area contributed by atoms with Crippen molar-refractivity contribution in [3.63, 3.8) is 0 Å². The predicted molar refractivity (Wildman–Crippen MR) is 59.7 cm³/mol. The molecule has 0 amide bonds. The maximum atomic E-state index is 8.82. The SMILES string of the molecule is Cc1nc(C#N)c(NCc2ccccc2)o1. The van der Waals surface area contributed by atoms with Crippen molar-refractivity contribution in [1.29, 1.82) is 5.26 Å². The van der Waals surface area contributed by atoms with Gasteiger partial charge in [0.15, 0.2) is 5.89 Å². The molecule has 1 aromatic heterocycles. The zero-order chi connectivity index (χ0) is 11.4. The molecule has 1 heterocycles. The Morgan fingerprint density at radius 2 is 2.12 bits per heavy atom. The Bertz CT molecular complexity index is 511. The van der Waals surface area contributed by atoms with Gasteiger partial charge in [-0.2, -0.15) is 5.26 Å². The molecular formula is C12H11N3O. The quantitative estimate of drug-likeness (QED) is 0.850. The Labute approximate surface area is 93.5 Å². The van der Waals surface area contributed by atoms with Crippen LogP contribution in [0.25, 0.3) is 0 Å². The van der Waals surface area contributed by atoms with E-state index in [2.05, 4.69) is 10.3 Å². The highest BCUT2D eigenvalue weighted by Gasteiger charge is 2.09. The lowest BCUT2D eigenvalue weighted by molar-refractivity contribution is 0.532. The number of nitriles is 1. The maximum absolute atomic E-state index is 8.82. The van der Waals surface area contributed by atoms with Gasteiger partial charge in [0, 0.05) is 13.5 Å². The molecule has 0 aliphatic rings. The van der Waals surface area contributed by atoms with Crippen molar-refractivity contribution in [2.75, 3.05) is 5.32 Å². The molecule has 0 aliphatic carbocycles. The third kappa shape index (κ3) is 2.20. The zero-order valence-corrected chi connectivity index (χ0v) is 8.90. The second-order valence-corrected chi connectivity index (χ2v) is 3.36. The number of nitrogens with one attached hydrogen (secondary N) is 1.